The summed E-state index contributed by atoms with van der Waals surface area (Å²) in [5.74, 6) is -7.16. The Morgan fingerprint density at radius 2 is 0.956 bits per heavy atom. The predicted molar refractivity (Wildman–Crippen MR) is 252 cm³/mol. The van der Waals surface area contributed by atoms with E-state index in [1.165, 1.54) is 0 Å². The van der Waals surface area contributed by atoms with Gasteiger partial charge in [-0.05, 0) is 48.9 Å². The molecule has 7 amide bonds. The van der Waals surface area contributed by atoms with E-state index in [1.54, 1.807) is 91.0 Å². The number of carbonyl (C=O) groups is 8. The van der Waals surface area contributed by atoms with Crippen molar-refractivity contribution in [1.29, 1.82) is 0 Å². The molecule has 22 nitrogen and oxygen atoms in total. The first kappa shape index (κ1) is 54.9. The first-order valence-corrected chi connectivity index (χ1v) is 22.1. The van der Waals surface area contributed by atoms with Crippen LogP contribution in [-0.4, -0.2) is 133 Å². The van der Waals surface area contributed by atoms with E-state index in [0.29, 0.717) is 42.5 Å². The summed E-state index contributed by atoms with van der Waals surface area (Å²) in [4.78, 5) is 110. The van der Waals surface area contributed by atoms with Crippen LogP contribution in [0.4, 0.5) is 0 Å². The third-order valence-corrected chi connectivity index (χ3v) is 10.3. The number of aliphatic hydroxyl groups excluding tert-OH is 1. The molecule has 17 N–H and O–H groups in total. The molecule has 0 fully saturated rings. The fourth-order valence-corrected chi connectivity index (χ4v) is 6.65. The van der Waals surface area contributed by atoms with E-state index in [0.717, 1.165) is 0 Å². The standard InChI is InChI=1S/C46H64N12O10/c47-21-11-10-19-32(48)40(62)53-26-38(60)52-27-39(61)54-34(23-29-13-4-1-5-14-29)42(64)58-37(28-59)44(66)56-35(24-30-15-6-2-7-16-30)43(65)55-33(20-12-22-51-46(49)50)41(63)57-36(45(67)68)25-31-17-8-3-9-18-31/h1-9,13-18,32-37,59H,10-12,19-28,47-48H2,(H,52,60)(H,53,62)(H,54,61)(H,55,65)(H,56,66)(H,57,63)(H,58,64)(H,67,68)(H4,49,50,51)/t32-,33-,34-,35-,36-,37-/m0/s1. The number of aliphatic carboxylic acids is 1. The van der Waals surface area contributed by atoms with Crippen molar-refractivity contribution in [3.05, 3.63) is 108 Å². The van der Waals surface area contributed by atoms with E-state index in [9.17, 15) is 48.6 Å². The molecular formula is C46H64N12O10. The number of aliphatic imine (C=N–C) groups is 1. The molecule has 3 aromatic rings. The largest absolute Gasteiger partial charge is 0.480 e. The van der Waals surface area contributed by atoms with Crippen LogP contribution in [-0.2, 0) is 57.6 Å². The van der Waals surface area contributed by atoms with Crippen molar-refractivity contribution in [2.24, 2.45) is 27.9 Å². The van der Waals surface area contributed by atoms with Crippen LogP contribution >= 0.6 is 0 Å². The molecule has 0 saturated heterocycles. The van der Waals surface area contributed by atoms with Gasteiger partial charge in [-0.2, -0.15) is 0 Å². The molecule has 0 bridgehead atoms. The Morgan fingerprint density at radius 3 is 1.46 bits per heavy atom. The fraction of sp³-hybridized carbons (Fsp3) is 0.413. The maximum Gasteiger partial charge on any atom is 0.326 e. The molecule has 0 aliphatic carbocycles. The van der Waals surface area contributed by atoms with Gasteiger partial charge in [0.2, 0.25) is 41.4 Å². The molecule has 0 spiro atoms. The Labute approximate surface area is 394 Å². The Balaban J connectivity index is 1.77. The molecule has 0 radical (unpaired) electrons. The number of hydrogen-bond donors (Lipinski definition) is 13. The number of amides is 7. The van der Waals surface area contributed by atoms with Gasteiger partial charge in [0, 0.05) is 25.8 Å². The van der Waals surface area contributed by atoms with Crippen LogP contribution in [0.15, 0.2) is 96.0 Å². The van der Waals surface area contributed by atoms with Crippen molar-refractivity contribution in [2.75, 3.05) is 32.8 Å². The molecule has 0 saturated carbocycles. The Kier molecular flexibility index (Phi) is 24.2. The van der Waals surface area contributed by atoms with Gasteiger partial charge in [-0.3, -0.25) is 38.6 Å². The minimum Gasteiger partial charge on any atom is -0.480 e. The lowest BCUT2D eigenvalue weighted by Gasteiger charge is -2.26. The van der Waals surface area contributed by atoms with Gasteiger partial charge >= 0.3 is 5.97 Å². The smallest absolute Gasteiger partial charge is 0.326 e. The number of carbonyl (C=O) groups excluding carboxylic acids is 7. The lowest BCUT2D eigenvalue weighted by atomic mass is 10.0. The average molecular weight is 945 g/mol. The van der Waals surface area contributed by atoms with E-state index >= 15 is 0 Å². The summed E-state index contributed by atoms with van der Waals surface area (Å²) in [6, 6.07) is 17.7. The summed E-state index contributed by atoms with van der Waals surface area (Å²) in [7, 11) is 0. The Bertz CT molecular complexity index is 2130. The van der Waals surface area contributed by atoms with Crippen LogP contribution in [0.3, 0.4) is 0 Å². The summed E-state index contributed by atoms with van der Waals surface area (Å²) in [5, 5.41) is 37.8. The number of hydrogen-bond acceptors (Lipinski definition) is 12. The minimum atomic E-state index is -1.67. The van der Waals surface area contributed by atoms with Crippen molar-refractivity contribution in [3.8, 4) is 0 Å². The van der Waals surface area contributed by atoms with Gasteiger partial charge in [0.15, 0.2) is 5.96 Å². The van der Waals surface area contributed by atoms with Crippen molar-refractivity contribution in [1.82, 2.24) is 37.2 Å². The minimum absolute atomic E-state index is 0.0488. The lowest BCUT2D eigenvalue weighted by molar-refractivity contribution is -0.142. The molecule has 0 aliphatic heterocycles. The Morgan fingerprint density at radius 1 is 0.515 bits per heavy atom. The lowest BCUT2D eigenvalue weighted by Crippen LogP contribution is -2.60. The van der Waals surface area contributed by atoms with Crippen LogP contribution in [0.25, 0.3) is 0 Å². The zero-order valence-corrected chi connectivity index (χ0v) is 37.7. The number of aliphatic hydroxyl groups is 1. The monoisotopic (exact) mass is 944 g/mol. The zero-order chi connectivity index (χ0) is 49.8. The maximum atomic E-state index is 14.1. The van der Waals surface area contributed by atoms with Gasteiger partial charge in [-0.1, -0.05) is 97.4 Å². The summed E-state index contributed by atoms with van der Waals surface area (Å²) in [6.07, 6.45) is 1.56. The normalized spacial score (nSPS) is 13.4. The number of nitrogens with zero attached hydrogens (tertiary/aromatic N) is 1. The van der Waals surface area contributed by atoms with E-state index in [2.05, 4.69) is 42.2 Å². The van der Waals surface area contributed by atoms with E-state index in [1.807, 2.05) is 0 Å². The zero-order valence-electron chi connectivity index (χ0n) is 37.7. The molecule has 68 heavy (non-hydrogen) atoms. The predicted octanol–water partition coefficient (Wildman–Crippen LogP) is -3.04. The van der Waals surface area contributed by atoms with Gasteiger partial charge in [0.25, 0.3) is 0 Å². The van der Waals surface area contributed by atoms with Crippen molar-refractivity contribution in [3.63, 3.8) is 0 Å². The molecular weight excluding hydrogens is 881 g/mol. The molecule has 22 heteroatoms. The Hall–Kier alpha value is -7.43. The average Bonchev–Trinajstić information content (AvgIpc) is 3.32. The number of benzene rings is 3. The molecule has 0 heterocycles. The number of carboxylic acids is 1. The second kappa shape index (κ2) is 30.0. The van der Waals surface area contributed by atoms with Gasteiger partial charge in [-0.25, -0.2) is 4.79 Å². The number of rotatable bonds is 30. The highest BCUT2D eigenvalue weighted by atomic mass is 16.4. The second-order valence-electron chi connectivity index (χ2n) is 15.8. The van der Waals surface area contributed by atoms with Gasteiger partial charge < -0.3 is 70.4 Å². The topological polar surface area (TPSA) is 378 Å². The van der Waals surface area contributed by atoms with Crippen LogP contribution in [0.2, 0.25) is 0 Å². The molecule has 3 aromatic carbocycles. The highest BCUT2D eigenvalue weighted by Gasteiger charge is 2.33. The SMILES string of the molecule is NCCCC[C@H](N)C(=O)NCC(=O)NCC(=O)N[C@@H](Cc1ccccc1)C(=O)N[C@@H](CO)C(=O)N[C@@H](Cc1ccccc1)C(=O)N[C@@H](CCCN=C(N)N)C(=O)N[C@@H](Cc1ccccc1)C(=O)O. The molecule has 0 unspecified atom stereocenters. The maximum absolute atomic E-state index is 14.1. The quantitative estimate of drug-likeness (QED) is 0.0180. The van der Waals surface area contributed by atoms with E-state index in [4.69, 9.17) is 22.9 Å². The number of carboxylic acid groups (broad SMARTS) is 1. The van der Waals surface area contributed by atoms with Crippen molar-refractivity contribution < 1.29 is 48.6 Å². The van der Waals surface area contributed by atoms with Crippen molar-refractivity contribution in [2.45, 2.75) is 87.6 Å². The van der Waals surface area contributed by atoms with Crippen LogP contribution in [0.5, 0.6) is 0 Å². The summed E-state index contributed by atoms with van der Waals surface area (Å²) >= 11 is 0. The molecule has 368 valence electrons. The highest BCUT2D eigenvalue weighted by Crippen LogP contribution is 2.10. The number of nitrogens with two attached hydrogens (primary N) is 4. The van der Waals surface area contributed by atoms with Crippen LogP contribution < -0.4 is 60.2 Å². The molecule has 6 atom stereocenters. The van der Waals surface area contributed by atoms with Crippen LogP contribution in [0, 0.1) is 0 Å². The number of nitrogens with one attached hydrogen (secondary N) is 7. The van der Waals surface area contributed by atoms with Gasteiger partial charge in [0.05, 0.1) is 25.7 Å². The summed E-state index contributed by atoms with van der Waals surface area (Å²) < 4.78 is 0. The van der Waals surface area contributed by atoms with Crippen molar-refractivity contribution >= 4 is 53.3 Å². The number of unbranched alkanes of at least 4 members (excludes halogenated alkanes) is 1. The van der Waals surface area contributed by atoms with E-state index < -0.39 is 103 Å². The fourth-order valence-electron chi connectivity index (χ4n) is 6.65. The molecule has 0 aromatic heterocycles. The molecule has 0 aliphatic rings. The first-order chi connectivity index (χ1) is 32.6. The first-order valence-electron chi connectivity index (χ1n) is 22.1. The van der Waals surface area contributed by atoms with Gasteiger partial charge in [0.1, 0.15) is 30.2 Å². The third kappa shape index (κ3) is 20.8. The molecule has 3 rings (SSSR count). The number of guanidine groups is 1. The van der Waals surface area contributed by atoms with Crippen LogP contribution in [0.1, 0.15) is 48.8 Å². The summed E-state index contributed by atoms with van der Waals surface area (Å²) in [5.41, 5.74) is 24.1. The second-order valence-corrected chi connectivity index (χ2v) is 15.8. The van der Waals surface area contributed by atoms with E-state index in [-0.39, 0.29) is 44.6 Å². The third-order valence-electron chi connectivity index (χ3n) is 10.3. The summed E-state index contributed by atoms with van der Waals surface area (Å²) in [6.45, 7) is -1.48. The van der Waals surface area contributed by atoms with Gasteiger partial charge in [-0.15, -0.1) is 0 Å². The highest BCUT2D eigenvalue weighted by molar-refractivity contribution is 5.97.